The predicted molar refractivity (Wildman–Crippen MR) is 49.6 cm³/mol. The molecule has 10 heavy (non-hydrogen) atoms. The summed E-state index contributed by atoms with van der Waals surface area (Å²) in [6, 6.07) is 0. The van der Waals surface area contributed by atoms with Gasteiger partial charge in [0, 0.05) is 4.32 Å². The van der Waals surface area contributed by atoms with Crippen molar-refractivity contribution in [2.24, 2.45) is 5.41 Å². The molecule has 0 aromatic rings. The van der Waals surface area contributed by atoms with Crippen LogP contribution in [0.15, 0.2) is 0 Å². The molecule has 1 aliphatic carbocycles. The SMILES string of the molecule is CC1(C)CCCCC1(C)Br. The van der Waals surface area contributed by atoms with E-state index in [0.717, 1.165) is 0 Å². The summed E-state index contributed by atoms with van der Waals surface area (Å²) in [7, 11) is 0. The van der Waals surface area contributed by atoms with Gasteiger partial charge in [-0.1, -0.05) is 42.6 Å². The molecular weight excluding hydrogens is 188 g/mol. The van der Waals surface area contributed by atoms with Crippen LogP contribution in [0.5, 0.6) is 0 Å². The monoisotopic (exact) mass is 204 g/mol. The Hall–Kier alpha value is 0.480. The number of alkyl halides is 1. The molecule has 1 rings (SSSR count). The van der Waals surface area contributed by atoms with Gasteiger partial charge in [0.25, 0.3) is 0 Å². The predicted octanol–water partition coefficient (Wildman–Crippen LogP) is 3.74. The summed E-state index contributed by atoms with van der Waals surface area (Å²) in [6.45, 7) is 7.05. The smallest absolute Gasteiger partial charge is 0.0280 e. The van der Waals surface area contributed by atoms with Crippen LogP contribution < -0.4 is 0 Å². The summed E-state index contributed by atoms with van der Waals surface area (Å²) in [5.74, 6) is 0. The van der Waals surface area contributed by atoms with Crippen molar-refractivity contribution in [3.63, 3.8) is 0 Å². The van der Waals surface area contributed by atoms with Gasteiger partial charge >= 0.3 is 0 Å². The van der Waals surface area contributed by atoms with Gasteiger partial charge in [0.15, 0.2) is 0 Å². The molecular formula is C9H17Br. The molecule has 60 valence electrons. The zero-order valence-corrected chi connectivity index (χ0v) is 8.79. The van der Waals surface area contributed by atoms with Gasteiger partial charge in [-0.25, -0.2) is 0 Å². The highest BCUT2D eigenvalue weighted by atomic mass is 79.9. The van der Waals surface area contributed by atoms with E-state index < -0.39 is 0 Å². The lowest BCUT2D eigenvalue weighted by atomic mass is 9.70. The normalized spacial score (nSPS) is 39.6. The van der Waals surface area contributed by atoms with Crippen LogP contribution in [0.4, 0.5) is 0 Å². The van der Waals surface area contributed by atoms with Crippen LogP contribution in [0.2, 0.25) is 0 Å². The molecule has 1 heteroatoms. The molecule has 1 atom stereocenters. The van der Waals surface area contributed by atoms with Crippen LogP contribution in [0, 0.1) is 5.41 Å². The molecule has 0 aliphatic heterocycles. The van der Waals surface area contributed by atoms with Crippen LogP contribution in [0.1, 0.15) is 46.5 Å². The van der Waals surface area contributed by atoms with Gasteiger partial charge in [0.2, 0.25) is 0 Å². The van der Waals surface area contributed by atoms with E-state index in [1.807, 2.05) is 0 Å². The second-order valence-corrected chi connectivity index (χ2v) is 6.04. The topological polar surface area (TPSA) is 0 Å². The first-order valence-electron chi connectivity index (χ1n) is 4.15. The molecule has 0 heterocycles. The minimum atomic E-state index is 0.387. The molecule has 1 aliphatic rings. The fraction of sp³-hybridized carbons (Fsp3) is 1.00. The lowest BCUT2D eigenvalue weighted by Crippen LogP contribution is -2.38. The summed E-state index contributed by atoms with van der Waals surface area (Å²) in [6.07, 6.45) is 5.51. The molecule has 1 saturated carbocycles. The van der Waals surface area contributed by atoms with Crippen molar-refractivity contribution in [2.75, 3.05) is 0 Å². The maximum atomic E-state index is 3.81. The minimum Gasteiger partial charge on any atom is -0.0851 e. The van der Waals surface area contributed by atoms with Crippen LogP contribution in [0.3, 0.4) is 0 Å². The summed E-state index contributed by atoms with van der Waals surface area (Å²) in [5, 5.41) is 0. The zero-order chi connectivity index (χ0) is 7.83. The van der Waals surface area contributed by atoms with E-state index in [1.165, 1.54) is 25.7 Å². The third kappa shape index (κ3) is 1.39. The fourth-order valence-corrected chi connectivity index (χ4v) is 2.10. The van der Waals surface area contributed by atoms with Crippen molar-refractivity contribution in [1.82, 2.24) is 0 Å². The lowest BCUT2D eigenvalue weighted by Gasteiger charge is -2.44. The van der Waals surface area contributed by atoms with Crippen molar-refractivity contribution in [3.8, 4) is 0 Å². The van der Waals surface area contributed by atoms with E-state index in [0.29, 0.717) is 9.74 Å². The molecule has 0 saturated heterocycles. The van der Waals surface area contributed by atoms with E-state index in [-0.39, 0.29) is 0 Å². The molecule has 1 unspecified atom stereocenters. The number of hydrogen-bond donors (Lipinski definition) is 0. The first-order chi connectivity index (χ1) is 4.46. The average Bonchev–Trinajstić information content (AvgIpc) is 1.77. The van der Waals surface area contributed by atoms with Crippen molar-refractivity contribution in [2.45, 2.75) is 50.8 Å². The Morgan fingerprint density at radius 3 is 1.80 bits per heavy atom. The summed E-state index contributed by atoms with van der Waals surface area (Å²) >= 11 is 3.81. The molecule has 0 spiro atoms. The summed E-state index contributed by atoms with van der Waals surface area (Å²) < 4.78 is 0.387. The number of hydrogen-bond acceptors (Lipinski definition) is 0. The van der Waals surface area contributed by atoms with Crippen LogP contribution >= 0.6 is 15.9 Å². The Bertz CT molecular complexity index is 109. The largest absolute Gasteiger partial charge is 0.0851 e. The molecule has 0 radical (unpaired) electrons. The van der Waals surface area contributed by atoms with Gasteiger partial charge < -0.3 is 0 Å². The van der Waals surface area contributed by atoms with Crippen LogP contribution in [-0.2, 0) is 0 Å². The molecule has 0 aromatic carbocycles. The van der Waals surface area contributed by atoms with Crippen molar-refractivity contribution in [3.05, 3.63) is 0 Å². The third-order valence-corrected chi connectivity index (χ3v) is 4.58. The van der Waals surface area contributed by atoms with E-state index in [1.54, 1.807) is 0 Å². The van der Waals surface area contributed by atoms with Gasteiger partial charge in [-0.05, 0) is 25.2 Å². The maximum Gasteiger partial charge on any atom is 0.0280 e. The maximum absolute atomic E-state index is 3.81. The number of halogens is 1. The summed E-state index contributed by atoms with van der Waals surface area (Å²) in [4.78, 5) is 0. The Morgan fingerprint density at radius 2 is 1.50 bits per heavy atom. The first-order valence-corrected chi connectivity index (χ1v) is 4.94. The quantitative estimate of drug-likeness (QED) is 0.528. The second-order valence-electron chi connectivity index (χ2n) is 4.29. The van der Waals surface area contributed by atoms with Gasteiger partial charge in [-0.15, -0.1) is 0 Å². The Kier molecular flexibility index (Phi) is 2.15. The standard InChI is InChI=1S/C9H17Br/c1-8(2)6-4-5-7-9(8,3)10/h4-7H2,1-3H3. The molecule has 0 N–H and O–H groups in total. The Labute approximate surface area is 72.5 Å². The van der Waals surface area contributed by atoms with Crippen molar-refractivity contribution < 1.29 is 0 Å². The van der Waals surface area contributed by atoms with E-state index in [9.17, 15) is 0 Å². The van der Waals surface area contributed by atoms with Crippen LogP contribution in [-0.4, -0.2) is 4.32 Å². The Balaban J connectivity index is 2.70. The molecule has 1 fully saturated rings. The van der Waals surface area contributed by atoms with E-state index in [4.69, 9.17) is 0 Å². The van der Waals surface area contributed by atoms with Crippen LogP contribution in [0.25, 0.3) is 0 Å². The highest BCUT2D eigenvalue weighted by Crippen LogP contribution is 2.48. The van der Waals surface area contributed by atoms with Gasteiger partial charge in [0.05, 0.1) is 0 Å². The highest BCUT2D eigenvalue weighted by Gasteiger charge is 2.40. The van der Waals surface area contributed by atoms with Crippen molar-refractivity contribution >= 4 is 15.9 Å². The minimum absolute atomic E-state index is 0.387. The number of rotatable bonds is 0. The van der Waals surface area contributed by atoms with E-state index in [2.05, 4.69) is 36.7 Å². The molecule has 0 aromatic heterocycles. The highest BCUT2D eigenvalue weighted by molar-refractivity contribution is 9.10. The second kappa shape index (κ2) is 2.51. The fourth-order valence-electron chi connectivity index (χ4n) is 1.62. The first kappa shape index (κ1) is 8.58. The van der Waals surface area contributed by atoms with Gasteiger partial charge in [-0.2, -0.15) is 0 Å². The molecule has 0 amide bonds. The van der Waals surface area contributed by atoms with Crippen molar-refractivity contribution in [1.29, 1.82) is 0 Å². The summed E-state index contributed by atoms with van der Waals surface area (Å²) in [5.41, 5.74) is 0.491. The molecule has 0 bridgehead atoms. The van der Waals surface area contributed by atoms with Gasteiger partial charge in [0.1, 0.15) is 0 Å². The van der Waals surface area contributed by atoms with Gasteiger partial charge in [-0.3, -0.25) is 0 Å². The van der Waals surface area contributed by atoms with E-state index >= 15 is 0 Å². The average molecular weight is 205 g/mol. The third-order valence-electron chi connectivity index (χ3n) is 3.11. The Morgan fingerprint density at radius 1 is 1.00 bits per heavy atom. The zero-order valence-electron chi connectivity index (χ0n) is 7.21. The molecule has 0 nitrogen and oxygen atoms in total. The lowest BCUT2D eigenvalue weighted by molar-refractivity contribution is 0.191.